The first-order valence-electron chi connectivity index (χ1n) is 9.22. The Hall–Kier alpha value is -2.41. The molecular formula is C21H27N3O. The van der Waals surface area contributed by atoms with Crippen molar-refractivity contribution in [1.82, 2.24) is 9.97 Å². The Morgan fingerprint density at radius 1 is 1.16 bits per heavy atom. The van der Waals surface area contributed by atoms with Crippen molar-refractivity contribution in [2.45, 2.75) is 52.4 Å². The normalized spacial score (nSPS) is 11.7. The first-order chi connectivity index (χ1) is 12.3. The lowest BCUT2D eigenvalue weighted by Crippen LogP contribution is -2.06. The maximum atomic E-state index is 9.05. The Morgan fingerprint density at radius 3 is 2.76 bits per heavy atom. The Kier molecular flexibility index (Phi) is 7.91. The molecule has 1 atom stereocenters. The molecule has 0 spiro atoms. The number of aryl methyl sites for hydroxylation is 1. The van der Waals surface area contributed by atoms with Gasteiger partial charge in [0.15, 0.2) is 5.82 Å². The van der Waals surface area contributed by atoms with Crippen molar-refractivity contribution in [2.24, 2.45) is 5.92 Å². The van der Waals surface area contributed by atoms with Gasteiger partial charge in [-0.25, -0.2) is 9.97 Å². The molecule has 0 bridgehead atoms. The summed E-state index contributed by atoms with van der Waals surface area (Å²) in [5.74, 6) is 1.53. The minimum absolute atomic E-state index is 0.0466. The molecule has 25 heavy (non-hydrogen) atoms. The van der Waals surface area contributed by atoms with E-state index in [0.717, 1.165) is 42.7 Å². The van der Waals surface area contributed by atoms with Gasteiger partial charge in [0, 0.05) is 17.8 Å². The summed E-state index contributed by atoms with van der Waals surface area (Å²) in [5, 5.41) is 9.05. The Labute approximate surface area is 150 Å². The highest BCUT2D eigenvalue weighted by atomic mass is 16.5. The lowest BCUT2D eigenvalue weighted by molar-refractivity contribution is 0.292. The van der Waals surface area contributed by atoms with Crippen LogP contribution < -0.4 is 4.74 Å². The summed E-state index contributed by atoms with van der Waals surface area (Å²) in [4.78, 5) is 9.14. The summed E-state index contributed by atoms with van der Waals surface area (Å²) in [6, 6.07) is 12.1. The summed E-state index contributed by atoms with van der Waals surface area (Å²) in [5.41, 5.74) is 1.98. The van der Waals surface area contributed by atoms with Crippen LogP contribution in [0.1, 0.15) is 51.6 Å². The Balaban J connectivity index is 2.09. The van der Waals surface area contributed by atoms with Crippen molar-refractivity contribution in [3.63, 3.8) is 0 Å². The van der Waals surface area contributed by atoms with E-state index in [4.69, 9.17) is 15.0 Å². The van der Waals surface area contributed by atoms with Crippen molar-refractivity contribution in [3.05, 3.63) is 42.2 Å². The molecule has 1 unspecified atom stereocenters. The first kappa shape index (κ1) is 18.9. The van der Waals surface area contributed by atoms with E-state index in [-0.39, 0.29) is 5.92 Å². The molecule has 0 saturated heterocycles. The monoisotopic (exact) mass is 337 g/mol. The highest BCUT2D eigenvalue weighted by molar-refractivity contribution is 5.63. The van der Waals surface area contributed by atoms with Crippen LogP contribution in [0.3, 0.4) is 0 Å². The van der Waals surface area contributed by atoms with Crippen molar-refractivity contribution in [3.8, 4) is 23.2 Å². The van der Waals surface area contributed by atoms with E-state index in [9.17, 15) is 0 Å². The zero-order valence-electron chi connectivity index (χ0n) is 15.2. The molecular weight excluding hydrogens is 310 g/mol. The third kappa shape index (κ3) is 5.86. The molecule has 0 radical (unpaired) electrons. The van der Waals surface area contributed by atoms with Crippen LogP contribution in [0.25, 0.3) is 11.4 Å². The van der Waals surface area contributed by atoms with Gasteiger partial charge in [-0.2, -0.15) is 5.26 Å². The third-order valence-corrected chi connectivity index (χ3v) is 4.28. The number of hydrogen-bond donors (Lipinski definition) is 0. The second-order valence-electron chi connectivity index (χ2n) is 6.20. The zero-order chi connectivity index (χ0) is 17.9. The number of nitriles is 1. The lowest BCUT2D eigenvalue weighted by Gasteiger charge is -2.12. The first-order valence-corrected chi connectivity index (χ1v) is 9.22. The standard InChI is InChI=1S/C21H27N3O/c1-3-5-6-9-18-12-14-23-21(24-18)19-10-7-8-11-20(19)25-15-13-17(4-2)16-22/h7-8,10-12,14,17H,3-6,9,13,15H2,1-2H3. The lowest BCUT2D eigenvalue weighted by atomic mass is 10.1. The summed E-state index contributed by atoms with van der Waals surface area (Å²) >= 11 is 0. The van der Waals surface area contributed by atoms with Gasteiger partial charge in [-0.15, -0.1) is 0 Å². The van der Waals surface area contributed by atoms with E-state index in [1.54, 1.807) is 0 Å². The highest BCUT2D eigenvalue weighted by Gasteiger charge is 2.11. The van der Waals surface area contributed by atoms with Crippen LogP contribution in [0.15, 0.2) is 36.5 Å². The number of nitrogens with zero attached hydrogens (tertiary/aromatic N) is 3. The summed E-state index contributed by atoms with van der Waals surface area (Å²) in [6.07, 6.45) is 7.96. The summed E-state index contributed by atoms with van der Waals surface area (Å²) in [6.45, 7) is 4.76. The second kappa shape index (κ2) is 10.5. The Bertz CT molecular complexity index is 694. The van der Waals surface area contributed by atoms with Crippen molar-refractivity contribution >= 4 is 0 Å². The van der Waals surface area contributed by atoms with Gasteiger partial charge in [-0.3, -0.25) is 0 Å². The van der Waals surface area contributed by atoms with E-state index >= 15 is 0 Å². The van der Waals surface area contributed by atoms with Crippen LogP contribution in [0.2, 0.25) is 0 Å². The highest BCUT2D eigenvalue weighted by Crippen LogP contribution is 2.27. The molecule has 0 amide bonds. The maximum absolute atomic E-state index is 9.05. The van der Waals surface area contributed by atoms with Crippen molar-refractivity contribution in [1.29, 1.82) is 5.26 Å². The number of para-hydroxylation sites is 1. The van der Waals surface area contributed by atoms with Gasteiger partial charge in [0.25, 0.3) is 0 Å². The number of rotatable bonds is 10. The minimum atomic E-state index is 0.0466. The summed E-state index contributed by atoms with van der Waals surface area (Å²) < 4.78 is 5.93. The average Bonchev–Trinajstić information content (AvgIpc) is 2.66. The van der Waals surface area contributed by atoms with Gasteiger partial charge < -0.3 is 4.74 Å². The fraction of sp³-hybridized carbons (Fsp3) is 0.476. The van der Waals surface area contributed by atoms with E-state index in [2.05, 4.69) is 18.0 Å². The Morgan fingerprint density at radius 2 is 2.00 bits per heavy atom. The number of ether oxygens (including phenoxy) is 1. The van der Waals surface area contributed by atoms with Gasteiger partial charge in [0.05, 0.1) is 18.2 Å². The second-order valence-corrected chi connectivity index (χ2v) is 6.20. The van der Waals surface area contributed by atoms with Gasteiger partial charge in [-0.1, -0.05) is 38.8 Å². The number of aromatic nitrogens is 2. The molecule has 0 aliphatic carbocycles. The average molecular weight is 337 g/mol. The molecule has 0 N–H and O–H groups in total. The molecule has 1 aromatic heterocycles. The van der Waals surface area contributed by atoms with Crippen LogP contribution >= 0.6 is 0 Å². The summed E-state index contributed by atoms with van der Waals surface area (Å²) in [7, 11) is 0. The molecule has 0 fully saturated rings. The van der Waals surface area contributed by atoms with Crippen LogP contribution in [-0.4, -0.2) is 16.6 Å². The molecule has 0 aliphatic heterocycles. The van der Waals surface area contributed by atoms with E-state index in [1.807, 2.05) is 43.5 Å². The van der Waals surface area contributed by atoms with E-state index < -0.39 is 0 Å². The van der Waals surface area contributed by atoms with E-state index in [0.29, 0.717) is 12.4 Å². The van der Waals surface area contributed by atoms with Gasteiger partial charge in [-0.05, 0) is 43.9 Å². The molecule has 2 aromatic rings. The van der Waals surface area contributed by atoms with Crippen LogP contribution in [-0.2, 0) is 6.42 Å². The maximum Gasteiger partial charge on any atom is 0.163 e. The molecule has 2 rings (SSSR count). The fourth-order valence-corrected chi connectivity index (χ4v) is 2.67. The quantitative estimate of drug-likeness (QED) is 0.559. The van der Waals surface area contributed by atoms with Gasteiger partial charge in [0.1, 0.15) is 5.75 Å². The molecule has 0 saturated carbocycles. The van der Waals surface area contributed by atoms with Gasteiger partial charge >= 0.3 is 0 Å². The minimum Gasteiger partial charge on any atom is -0.493 e. The van der Waals surface area contributed by atoms with E-state index in [1.165, 1.54) is 12.8 Å². The molecule has 1 heterocycles. The fourth-order valence-electron chi connectivity index (χ4n) is 2.67. The zero-order valence-corrected chi connectivity index (χ0v) is 15.2. The smallest absolute Gasteiger partial charge is 0.163 e. The van der Waals surface area contributed by atoms with Crippen molar-refractivity contribution < 1.29 is 4.74 Å². The number of unbranched alkanes of at least 4 members (excludes halogenated alkanes) is 2. The predicted octanol–water partition coefficient (Wildman–Crippen LogP) is 5.19. The number of hydrogen-bond acceptors (Lipinski definition) is 4. The SMILES string of the molecule is CCCCCc1ccnc(-c2ccccc2OCCC(C#N)CC)n1. The van der Waals surface area contributed by atoms with Crippen LogP contribution in [0.4, 0.5) is 0 Å². The molecule has 4 heteroatoms. The molecule has 132 valence electrons. The van der Waals surface area contributed by atoms with Crippen LogP contribution in [0, 0.1) is 17.2 Å². The topological polar surface area (TPSA) is 58.8 Å². The van der Waals surface area contributed by atoms with Crippen LogP contribution in [0.5, 0.6) is 5.75 Å². The molecule has 1 aromatic carbocycles. The molecule has 4 nitrogen and oxygen atoms in total. The largest absolute Gasteiger partial charge is 0.493 e. The van der Waals surface area contributed by atoms with Crippen molar-refractivity contribution in [2.75, 3.05) is 6.61 Å². The number of benzene rings is 1. The third-order valence-electron chi connectivity index (χ3n) is 4.28. The molecule has 0 aliphatic rings. The predicted molar refractivity (Wildman–Crippen MR) is 100 cm³/mol. The van der Waals surface area contributed by atoms with Gasteiger partial charge in [0.2, 0.25) is 0 Å².